The van der Waals surface area contributed by atoms with Gasteiger partial charge in [-0.3, -0.25) is 4.79 Å². The number of nitrogens with zero attached hydrogens (tertiary/aromatic N) is 1. The molecule has 1 rings (SSSR count). The van der Waals surface area contributed by atoms with Gasteiger partial charge >= 0.3 is 0 Å². The van der Waals surface area contributed by atoms with E-state index >= 15 is 0 Å². The second-order valence-electron chi connectivity index (χ2n) is 4.80. The van der Waals surface area contributed by atoms with E-state index in [4.69, 9.17) is 5.73 Å². The molecule has 0 saturated heterocycles. The van der Waals surface area contributed by atoms with Crippen LogP contribution in [-0.4, -0.2) is 30.4 Å². The van der Waals surface area contributed by atoms with Crippen LogP contribution in [0, 0.1) is 5.92 Å². The molecule has 0 aliphatic heterocycles. The molecule has 0 aromatic carbocycles. The van der Waals surface area contributed by atoms with Crippen molar-refractivity contribution in [2.45, 2.75) is 51.5 Å². The van der Waals surface area contributed by atoms with E-state index in [1.807, 2.05) is 11.9 Å². The van der Waals surface area contributed by atoms with Gasteiger partial charge in [-0.25, -0.2) is 0 Å². The molecule has 1 fully saturated rings. The van der Waals surface area contributed by atoms with Crippen molar-refractivity contribution >= 4 is 5.91 Å². The molecule has 0 aromatic heterocycles. The highest BCUT2D eigenvalue weighted by molar-refractivity contribution is 5.76. The quantitative estimate of drug-likeness (QED) is 0.772. The molecule has 1 amide bonds. The van der Waals surface area contributed by atoms with Gasteiger partial charge < -0.3 is 10.6 Å². The summed E-state index contributed by atoms with van der Waals surface area (Å²) in [6.07, 6.45) is 6.21. The summed E-state index contributed by atoms with van der Waals surface area (Å²) < 4.78 is 0. The van der Waals surface area contributed by atoms with E-state index < -0.39 is 0 Å². The van der Waals surface area contributed by atoms with E-state index in [2.05, 4.69) is 6.92 Å². The Balaban J connectivity index is 2.25. The Morgan fingerprint density at radius 1 is 1.33 bits per heavy atom. The zero-order chi connectivity index (χ0) is 11.3. The SMILES string of the molecule is CCCN(C)C(=O)CC1CCC(N)CC1. The average Bonchev–Trinajstić information content (AvgIpc) is 2.22. The van der Waals surface area contributed by atoms with Gasteiger partial charge in [0, 0.05) is 26.1 Å². The first kappa shape index (κ1) is 12.5. The molecule has 88 valence electrons. The number of hydrogen-bond acceptors (Lipinski definition) is 2. The minimum absolute atomic E-state index is 0.303. The number of nitrogens with two attached hydrogens (primary N) is 1. The van der Waals surface area contributed by atoms with Gasteiger partial charge in [-0.05, 0) is 38.0 Å². The van der Waals surface area contributed by atoms with E-state index in [0.717, 1.165) is 45.1 Å². The van der Waals surface area contributed by atoms with Gasteiger partial charge in [-0.15, -0.1) is 0 Å². The molecule has 2 N–H and O–H groups in total. The van der Waals surface area contributed by atoms with Crippen molar-refractivity contribution in [2.24, 2.45) is 11.7 Å². The maximum Gasteiger partial charge on any atom is 0.222 e. The number of amides is 1. The topological polar surface area (TPSA) is 46.3 Å². The Labute approximate surface area is 93.0 Å². The molecule has 0 radical (unpaired) electrons. The maximum atomic E-state index is 11.8. The Morgan fingerprint density at radius 3 is 2.47 bits per heavy atom. The number of hydrogen-bond donors (Lipinski definition) is 1. The Kier molecular flexibility index (Phi) is 5.09. The van der Waals surface area contributed by atoms with Crippen LogP contribution in [0.25, 0.3) is 0 Å². The van der Waals surface area contributed by atoms with Gasteiger partial charge in [0.1, 0.15) is 0 Å². The van der Waals surface area contributed by atoms with Gasteiger partial charge in [-0.1, -0.05) is 6.92 Å². The van der Waals surface area contributed by atoms with Crippen LogP contribution in [0.3, 0.4) is 0 Å². The van der Waals surface area contributed by atoms with Gasteiger partial charge in [-0.2, -0.15) is 0 Å². The zero-order valence-corrected chi connectivity index (χ0v) is 10.0. The monoisotopic (exact) mass is 212 g/mol. The molecule has 1 aliphatic carbocycles. The minimum Gasteiger partial charge on any atom is -0.346 e. The minimum atomic E-state index is 0.303. The molecule has 0 bridgehead atoms. The lowest BCUT2D eigenvalue weighted by Gasteiger charge is -2.27. The smallest absolute Gasteiger partial charge is 0.222 e. The van der Waals surface area contributed by atoms with Gasteiger partial charge in [0.2, 0.25) is 5.91 Å². The number of rotatable bonds is 4. The van der Waals surface area contributed by atoms with E-state index in [0.29, 0.717) is 17.9 Å². The van der Waals surface area contributed by atoms with Crippen molar-refractivity contribution in [3.8, 4) is 0 Å². The third-order valence-corrected chi connectivity index (χ3v) is 3.34. The first-order valence-corrected chi connectivity index (χ1v) is 6.13. The summed E-state index contributed by atoms with van der Waals surface area (Å²) in [5, 5.41) is 0. The predicted molar refractivity (Wildman–Crippen MR) is 62.5 cm³/mol. The van der Waals surface area contributed by atoms with Crippen LogP contribution < -0.4 is 5.73 Å². The molecular formula is C12H24N2O. The van der Waals surface area contributed by atoms with Crippen LogP contribution in [0.4, 0.5) is 0 Å². The van der Waals surface area contributed by atoms with Crippen molar-refractivity contribution in [1.29, 1.82) is 0 Å². The first-order valence-electron chi connectivity index (χ1n) is 6.13. The second-order valence-corrected chi connectivity index (χ2v) is 4.80. The van der Waals surface area contributed by atoms with E-state index in [9.17, 15) is 4.79 Å². The molecule has 1 aliphatic rings. The molecule has 3 nitrogen and oxygen atoms in total. The van der Waals surface area contributed by atoms with E-state index in [1.165, 1.54) is 0 Å². The molecule has 3 heteroatoms. The molecule has 0 atom stereocenters. The van der Waals surface area contributed by atoms with Crippen molar-refractivity contribution in [3.05, 3.63) is 0 Å². The molecule has 0 heterocycles. The van der Waals surface area contributed by atoms with Gasteiger partial charge in [0.05, 0.1) is 0 Å². The fraction of sp³-hybridized carbons (Fsp3) is 0.917. The normalized spacial score (nSPS) is 26.3. The lowest BCUT2D eigenvalue weighted by Crippen LogP contribution is -2.32. The summed E-state index contributed by atoms with van der Waals surface area (Å²) in [6.45, 7) is 2.98. The summed E-state index contributed by atoms with van der Waals surface area (Å²) >= 11 is 0. The molecule has 0 spiro atoms. The highest BCUT2D eigenvalue weighted by atomic mass is 16.2. The standard InChI is InChI=1S/C12H24N2O/c1-3-8-14(2)12(15)9-10-4-6-11(13)7-5-10/h10-11H,3-9,13H2,1-2H3. The van der Waals surface area contributed by atoms with Crippen LogP contribution in [0.15, 0.2) is 0 Å². The van der Waals surface area contributed by atoms with Crippen LogP contribution in [-0.2, 0) is 4.79 Å². The van der Waals surface area contributed by atoms with Crippen molar-refractivity contribution in [3.63, 3.8) is 0 Å². The van der Waals surface area contributed by atoms with Crippen LogP contribution in [0.5, 0.6) is 0 Å². The lowest BCUT2D eigenvalue weighted by atomic mass is 9.84. The van der Waals surface area contributed by atoms with Crippen molar-refractivity contribution < 1.29 is 4.79 Å². The zero-order valence-electron chi connectivity index (χ0n) is 10.0. The van der Waals surface area contributed by atoms with Crippen LogP contribution in [0.2, 0.25) is 0 Å². The predicted octanol–water partition coefficient (Wildman–Crippen LogP) is 1.76. The summed E-state index contributed by atoms with van der Waals surface area (Å²) in [6, 6.07) is 0.379. The first-order chi connectivity index (χ1) is 7.13. The molecule has 0 unspecified atom stereocenters. The number of carbonyl (C=O) groups excluding carboxylic acids is 1. The Morgan fingerprint density at radius 2 is 1.93 bits per heavy atom. The van der Waals surface area contributed by atoms with E-state index in [1.54, 1.807) is 0 Å². The average molecular weight is 212 g/mol. The molecule has 15 heavy (non-hydrogen) atoms. The Hall–Kier alpha value is -0.570. The van der Waals surface area contributed by atoms with Crippen molar-refractivity contribution in [2.75, 3.05) is 13.6 Å². The van der Waals surface area contributed by atoms with Crippen molar-refractivity contribution in [1.82, 2.24) is 4.90 Å². The highest BCUT2D eigenvalue weighted by Gasteiger charge is 2.21. The van der Waals surface area contributed by atoms with Crippen LogP contribution >= 0.6 is 0 Å². The summed E-state index contributed by atoms with van der Waals surface area (Å²) in [5.41, 5.74) is 5.84. The fourth-order valence-electron chi connectivity index (χ4n) is 2.26. The molecule has 1 saturated carbocycles. The third-order valence-electron chi connectivity index (χ3n) is 3.34. The summed E-state index contributed by atoms with van der Waals surface area (Å²) in [5.74, 6) is 0.883. The Bertz CT molecular complexity index is 198. The third kappa shape index (κ3) is 4.20. The summed E-state index contributed by atoms with van der Waals surface area (Å²) in [7, 11) is 1.90. The van der Waals surface area contributed by atoms with E-state index in [-0.39, 0.29) is 0 Å². The fourth-order valence-corrected chi connectivity index (χ4v) is 2.26. The summed E-state index contributed by atoms with van der Waals surface area (Å²) in [4.78, 5) is 13.6. The number of carbonyl (C=O) groups is 1. The maximum absolute atomic E-state index is 11.8. The largest absolute Gasteiger partial charge is 0.346 e. The second kappa shape index (κ2) is 6.11. The van der Waals surface area contributed by atoms with Crippen LogP contribution in [0.1, 0.15) is 45.4 Å². The van der Waals surface area contributed by atoms with Gasteiger partial charge in [0.25, 0.3) is 0 Å². The lowest BCUT2D eigenvalue weighted by molar-refractivity contribution is -0.131. The van der Waals surface area contributed by atoms with Gasteiger partial charge in [0.15, 0.2) is 0 Å². The highest BCUT2D eigenvalue weighted by Crippen LogP contribution is 2.26. The molecule has 0 aromatic rings. The molecular weight excluding hydrogens is 188 g/mol.